The molecule has 0 unspecified atom stereocenters. The number of rotatable bonds is 6. The summed E-state index contributed by atoms with van der Waals surface area (Å²) in [6, 6.07) is 7.25. The lowest BCUT2D eigenvalue weighted by Gasteiger charge is -2.07. The van der Waals surface area contributed by atoms with Crippen molar-refractivity contribution in [2.24, 2.45) is 5.92 Å². The molecule has 0 heterocycles. The maximum absolute atomic E-state index is 11.4. The third kappa shape index (κ3) is 4.81. The molecule has 0 aromatic heterocycles. The average Bonchev–Trinajstić information content (AvgIpc) is 2.26. The van der Waals surface area contributed by atoms with E-state index in [0.29, 0.717) is 12.2 Å². The van der Waals surface area contributed by atoms with E-state index in [-0.39, 0.29) is 24.1 Å². The molecule has 0 N–H and O–H groups in total. The van der Waals surface area contributed by atoms with Crippen molar-refractivity contribution < 1.29 is 14.3 Å². The molecule has 0 aliphatic heterocycles. The van der Waals surface area contributed by atoms with Crippen LogP contribution in [0.25, 0.3) is 0 Å². The number of carbonyl (C=O) groups is 2. The van der Waals surface area contributed by atoms with Gasteiger partial charge in [0.15, 0.2) is 5.78 Å². The summed E-state index contributed by atoms with van der Waals surface area (Å²) in [6.07, 6.45) is 0.436. The summed E-state index contributed by atoms with van der Waals surface area (Å²) in [7, 11) is 0. The Balaban J connectivity index is 2.51. The highest BCUT2D eigenvalue weighted by Gasteiger charge is 2.07. The molecule has 0 spiro atoms. The number of ether oxygens (including phenoxy) is 1. The molecule has 0 aliphatic carbocycles. The first-order valence-electron chi connectivity index (χ1n) is 5.73. The van der Waals surface area contributed by atoms with E-state index in [1.807, 2.05) is 26.0 Å². The maximum Gasteiger partial charge on any atom is 0.172 e. The van der Waals surface area contributed by atoms with E-state index in [9.17, 15) is 9.59 Å². The molecular weight excluding hydrogens is 216 g/mol. The Morgan fingerprint density at radius 2 is 1.76 bits per heavy atom. The second-order valence-electron chi connectivity index (χ2n) is 4.43. The lowest BCUT2D eigenvalue weighted by Crippen LogP contribution is -2.16. The van der Waals surface area contributed by atoms with E-state index in [4.69, 9.17) is 4.74 Å². The van der Waals surface area contributed by atoms with Gasteiger partial charge in [0.2, 0.25) is 0 Å². The molecule has 0 fully saturated rings. The Morgan fingerprint density at radius 3 is 2.24 bits per heavy atom. The molecule has 0 bridgehead atoms. The van der Waals surface area contributed by atoms with Crippen LogP contribution in [0.3, 0.4) is 0 Å². The van der Waals surface area contributed by atoms with Crippen molar-refractivity contribution in [3.05, 3.63) is 29.8 Å². The zero-order chi connectivity index (χ0) is 12.8. The number of hydrogen-bond donors (Lipinski definition) is 0. The van der Waals surface area contributed by atoms with Crippen molar-refractivity contribution in [2.75, 3.05) is 6.61 Å². The fourth-order valence-electron chi connectivity index (χ4n) is 1.31. The molecule has 0 amide bonds. The first-order valence-corrected chi connectivity index (χ1v) is 5.73. The van der Waals surface area contributed by atoms with E-state index < -0.39 is 0 Å². The Bertz CT molecular complexity index is 390. The SMILES string of the molecule is CC(=O)Cc1ccc(OCC(=O)C(C)C)cc1. The first kappa shape index (κ1) is 13.4. The molecule has 0 atom stereocenters. The molecule has 17 heavy (non-hydrogen) atoms. The molecule has 1 aromatic rings. The van der Waals surface area contributed by atoms with Gasteiger partial charge in [0.25, 0.3) is 0 Å². The maximum atomic E-state index is 11.4. The Kier molecular flexibility index (Phi) is 4.88. The molecule has 1 aromatic carbocycles. The van der Waals surface area contributed by atoms with Crippen LogP contribution in [-0.4, -0.2) is 18.2 Å². The molecule has 3 nitrogen and oxygen atoms in total. The summed E-state index contributed by atoms with van der Waals surface area (Å²) in [5.74, 6) is 0.866. The van der Waals surface area contributed by atoms with Gasteiger partial charge in [-0.2, -0.15) is 0 Å². The standard InChI is InChI=1S/C14H18O3/c1-10(2)14(16)9-17-13-6-4-12(5-7-13)8-11(3)15/h4-7,10H,8-9H2,1-3H3. The van der Waals surface area contributed by atoms with Gasteiger partial charge in [0, 0.05) is 12.3 Å². The normalized spacial score (nSPS) is 10.4. The van der Waals surface area contributed by atoms with E-state index in [1.165, 1.54) is 0 Å². The van der Waals surface area contributed by atoms with E-state index in [2.05, 4.69) is 0 Å². The Hall–Kier alpha value is -1.64. The van der Waals surface area contributed by atoms with Crippen molar-refractivity contribution in [1.29, 1.82) is 0 Å². The number of ketones is 2. The molecule has 92 valence electrons. The number of benzene rings is 1. The summed E-state index contributed by atoms with van der Waals surface area (Å²) in [6.45, 7) is 5.36. The fourth-order valence-corrected chi connectivity index (χ4v) is 1.31. The Labute approximate surface area is 102 Å². The largest absolute Gasteiger partial charge is 0.486 e. The van der Waals surface area contributed by atoms with Gasteiger partial charge in [-0.05, 0) is 24.6 Å². The Morgan fingerprint density at radius 1 is 1.18 bits per heavy atom. The predicted octanol–water partition coefficient (Wildman–Crippen LogP) is 2.42. The third-order valence-electron chi connectivity index (χ3n) is 2.40. The van der Waals surface area contributed by atoms with Crippen LogP contribution in [0.5, 0.6) is 5.75 Å². The third-order valence-corrected chi connectivity index (χ3v) is 2.40. The van der Waals surface area contributed by atoms with Crippen LogP contribution < -0.4 is 4.74 Å². The van der Waals surface area contributed by atoms with Gasteiger partial charge in [-0.3, -0.25) is 9.59 Å². The van der Waals surface area contributed by atoms with Gasteiger partial charge >= 0.3 is 0 Å². The molecule has 0 aliphatic rings. The van der Waals surface area contributed by atoms with Crippen molar-refractivity contribution in [3.63, 3.8) is 0 Å². The van der Waals surface area contributed by atoms with E-state index in [1.54, 1.807) is 19.1 Å². The number of Topliss-reactive ketones (excluding diaryl/α,β-unsaturated/α-hetero) is 2. The average molecular weight is 234 g/mol. The van der Waals surface area contributed by atoms with Crippen LogP contribution in [0.1, 0.15) is 26.3 Å². The molecule has 0 saturated heterocycles. The minimum atomic E-state index is -0.00742. The fraction of sp³-hybridized carbons (Fsp3) is 0.429. The van der Waals surface area contributed by atoms with Crippen LogP contribution in [0.4, 0.5) is 0 Å². The molecule has 3 heteroatoms. The summed E-state index contributed by atoms with van der Waals surface area (Å²) in [5.41, 5.74) is 0.958. The zero-order valence-electron chi connectivity index (χ0n) is 10.5. The van der Waals surface area contributed by atoms with Crippen LogP contribution >= 0.6 is 0 Å². The zero-order valence-corrected chi connectivity index (χ0v) is 10.5. The van der Waals surface area contributed by atoms with Crippen molar-refractivity contribution in [1.82, 2.24) is 0 Å². The van der Waals surface area contributed by atoms with Gasteiger partial charge in [-0.25, -0.2) is 0 Å². The molecular formula is C14H18O3. The summed E-state index contributed by atoms with van der Waals surface area (Å²) in [5, 5.41) is 0. The van der Waals surface area contributed by atoms with Crippen LogP contribution in [-0.2, 0) is 16.0 Å². The van der Waals surface area contributed by atoms with Gasteiger partial charge in [-0.1, -0.05) is 26.0 Å². The summed E-state index contributed by atoms with van der Waals surface area (Å²) in [4.78, 5) is 22.3. The van der Waals surface area contributed by atoms with E-state index in [0.717, 1.165) is 5.56 Å². The van der Waals surface area contributed by atoms with Gasteiger partial charge in [-0.15, -0.1) is 0 Å². The summed E-state index contributed by atoms with van der Waals surface area (Å²) >= 11 is 0. The number of hydrogen-bond acceptors (Lipinski definition) is 3. The van der Waals surface area contributed by atoms with E-state index >= 15 is 0 Å². The monoisotopic (exact) mass is 234 g/mol. The van der Waals surface area contributed by atoms with Crippen LogP contribution in [0, 0.1) is 5.92 Å². The minimum absolute atomic E-state index is 0.00742. The van der Waals surface area contributed by atoms with Crippen molar-refractivity contribution in [3.8, 4) is 5.75 Å². The minimum Gasteiger partial charge on any atom is -0.486 e. The molecule has 0 saturated carbocycles. The lowest BCUT2D eigenvalue weighted by atomic mass is 10.1. The van der Waals surface area contributed by atoms with Gasteiger partial charge in [0.05, 0.1) is 0 Å². The highest BCUT2D eigenvalue weighted by molar-refractivity contribution is 5.81. The summed E-state index contributed by atoms with van der Waals surface area (Å²) < 4.78 is 5.35. The highest BCUT2D eigenvalue weighted by atomic mass is 16.5. The van der Waals surface area contributed by atoms with Crippen LogP contribution in [0.2, 0.25) is 0 Å². The smallest absolute Gasteiger partial charge is 0.172 e. The lowest BCUT2D eigenvalue weighted by molar-refractivity contribution is -0.123. The second-order valence-corrected chi connectivity index (χ2v) is 4.43. The topological polar surface area (TPSA) is 43.4 Å². The second kappa shape index (κ2) is 6.18. The van der Waals surface area contributed by atoms with Gasteiger partial charge < -0.3 is 4.74 Å². The predicted molar refractivity (Wildman–Crippen MR) is 66.2 cm³/mol. The molecule has 0 radical (unpaired) electrons. The van der Waals surface area contributed by atoms with Crippen LogP contribution in [0.15, 0.2) is 24.3 Å². The van der Waals surface area contributed by atoms with Crippen molar-refractivity contribution >= 4 is 11.6 Å². The first-order chi connectivity index (χ1) is 7.99. The molecule has 1 rings (SSSR count). The number of carbonyl (C=O) groups excluding carboxylic acids is 2. The highest BCUT2D eigenvalue weighted by Crippen LogP contribution is 2.13. The van der Waals surface area contributed by atoms with Gasteiger partial charge in [0.1, 0.15) is 18.1 Å². The quantitative estimate of drug-likeness (QED) is 0.759. The van der Waals surface area contributed by atoms with Crippen molar-refractivity contribution in [2.45, 2.75) is 27.2 Å².